The minimum Gasteiger partial charge on any atom is -0.465 e. The van der Waals surface area contributed by atoms with Crippen molar-refractivity contribution < 1.29 is 9.53 Å². The van der Waals surface area contributed by atoms with Gasteiger partial charge in [-0.1, -0.05) is 154 Å². The van der Waals surface area contributed by atoms with Gasteiger partial charge in [0.25, 0.3) is 0 Å². The number of carbonyl (C=O) groups excluding carboxylic acids is 1. The summed E-state index contributed by atoms with van der Waals surface area (Å²) in [7, 11) is 0. The van der Waals surface area contributed by atoms with Gasteiger partial charge in [0.05, 0.1) is 13.0 Å². The van der Waals surface area contributed by atoms with Crippen LogP contribution in [0.1, 0.15) is 153 Å². The van der Waals surface area contributed by atoms with Crippen LogP contribution in [0.2, 0.25) is 0 Å². The Morgan fingerprint density at radius 2 is 1.09 bits per heavy atom. The number of ether oxygens (including phenoxy) is 1. The molecule has 0 radical (unpaired) electrons. The third-order valence-electron chi connectivity index (χ3n) is 7.51. The second-order valence-electron chi connectivity index (χ2n) is 10.9. The molecule has 1 atom stereocenters. The van der Waals surface area contributed by atoms with Gasteiger partial charge in [-0.3, -0.25) is 4.79 Å². The molecular formula is C33H58O2. The van der Waals surface area contributed by atoms with Crippen molar-refractivity contribution in [2.45, 2.75) is 156 Å². The third kappa shape index (κ3) is 18.6. The number of benzene rings is 1. The number of hydrogen-bond acceptors (Lipinski definition) is 2. The quantitative estimate of drug-likeness (QED) is 0.107. The van der Waals surface area contributed by atoms with Gasteiger partial charge in [-0.05, 0) is 36.8 Å². The summed E-state index contributed by atoms with van der Waals surface area (Å²) in [5.74, 6) is 0.466. The average Bonchev–Trinajstić information content (AvgIpc) is 2.86. The Bertz CT molecular complexity index is 609. The van der Waals surface area contributed by atoms with Crippen LogP contribution in [0.5, 0.6) is 0 Å². The molecule has 2 heteroatoms. The summed E-state index contributed by atoms with van der Waals surface area (Å²) >= 11 is 0. The van der Waals surface area contributed by atoms with Crippen molar-refractivity contribution in [1.82, 2.24) is 0 Å². The van der Waals surface area contributed by atoms with E-state index in [1.165, 1.54) is 134 Å². The monoisotopic (exact) mass is 486 g/mol. The molecule has 202 valence electrons. The normalized spacial score (nSPS) is 12.1. The fraction of sp³-hybridized carbons (Fsp3) is 0.788. The van der Waals surface area contributed by atoms with Gasteiger partial charge in [-0.2, -0.15) is 0 Å². The van der Waals surface area contributed by atoms with Crippen molar-refractivity contribution in [1.29, 1.82) is 0 Å². The van der Waals surface area contributed by atoms with Crippen molar-refractivity contribution in [3.8, 4) is 0 Å². The van der Waals surface area contributed by atoms with Crippen LogP contribution in [0, 0.1) is 12.8 Å². The highest BCUT2D eigenvalue weighted by atomic mass is 16.5. The number of unbranched alkanes of at least 4 members (excludes halogenated alkanes) is 16. The SMILES string of the molecule is CCCCCCCCCCCCC(CCCCCCCCCC)COC(=O)Cc1ccccc1C. The molecule has 0 bridgehead atoms. The molecular weight excluding hydrogens is 428 g/mol. The van der Waals surface area contributed by atoms with E-state index < -0.39 is 0 Å². The summed E-state index contributed by atoms with van der Waals surface area (Å²) in [6.45, 7) is 7.24. The lowest BCUT2D eigenvalue weighted by atomic mass is 9.94. The Labute approximate surface area is 219 Å². The Kier molecular flexibility index (Phi) is 20.9. The van der Waals surface area contributed by atoms with E-state index in [1.54, 1.807) is 0 Å². The van der Waals surface area contributed by atoms with Crippen molar-refractivity contribution in [2.24, 2.45) is 5.92 Å². The molecule has 1 unspecified atom stereocenters. The van der Waals surface area contributed by atoms with Crippen LogP contribution in [-0.4, -0.2) is 12.6 Å². The molecule has 1 rings (SSSR count). The average molecular weight is 487 g/mol. The number of hydrogen-bond donors (Lipinski definition) is 0. The molecule has 1 aromatic carbocycles. The van der Waals surface area contributed by atoms with Gasteiger partial charge in [-0.15, -0.1) is 0 Å². The van der Waals surface area contributed by atoms with Crippen LogP contribution in [0.15, 0.2) is 24.3 Å². The van der Waals surface area contributed by atoms with Crippen molar-refractivity contribution in [2.75, 3.05) is 6.61 Å². The number of esters is 1. The maximum Gasteiger partial charge on any atom is 0.310 e. The summed E-state index contributed by atoms with van der Waals surface area (Å²) in [5.41, 5.74) is 2.26. The van der Waals surface area contributed by atoms with E-state index in [4.69, 9.17) is 4.74 Å². The smallest absolute Gasteiger partial charge is 0.310 e. The van der Waals surface area contributed by atoms with E-state index >= 15 is 0 Å². The van der Waals surface area contributed by atoms with E-state index in [0.29, 0.717) is 18.9 Å². The van der Waals surface area contributed by atoms with E-state index in [2.05, 4.69) is 26.8 Å². The topological polar surface area (TPSA) is 26.3 Å². The fourth-order valence-electron chi connectivity index (χ4n) is 5.02. The van der Waals surface area contributed by atoms with Gasteiger partial charge in [0.2, 0.25) is 0 Å². The molecule has 2 nitrogen and oxygen atoms in total. The zero-order valence-corrected chi connectivity index (χ0v) is 23.8. The largest absolute Gasteiger partial charge is 0.465 e. The predicted octanol–water partition coefficient (Wildman–Crippen LogP) is 10.5. The van der Waals surface area contributed by atoms with E-state index in [-0.39, 0.29) is 5.97 Å². The van der Waals surface area contributed by atoms with Gasteiger partial charge < -0.3 is 4.74 Å². The molecule has 0 aliphatic carbocycles. The Morgan fingerprint density at radius 1 is 0.657 bits per heavy atom. The zero-order valence-electron chi connectivity index (χ0n) is 23.8. The maximum absolute atomic E-state index is 12.5. The molecule has 0 fully saturated rings. The summed E-state index contributed by atoms with van der Waals surface area (Å²) in [6.07, 6.45) is 27.4. The lowest BCUT2D eigenvalue weighted by molar-refractivity contribution is -0.144. The van der Waals surface area contributed by atoms with Gasteiger partial charge in [0.1, 0.15) is 0 Å². The van der Waals surface area contributed by atoms with Crippen LogP contribution in [0.3, 0.4) is 0 Å². The molecule has 1 aromatic rings. The van der Waals surface area contributed by atoms with Gasteiger partial charge in [-0.25, -0.2) is 0 Å². The molecule has 0 aliphatic rings. The molecule has 35 heavy (non-hydrogen) atoms. The Balaban J connectivity index is 2.27. The van der Waals surface area contributed by atoms with Crippen molar-refractivity contribution in [3.63, 3.8) is 0 Å². The summed E-state index contributed by atoms with van der Waals surface area (Å²) in [6, 6.07) is 8.14. The molecule has 0 amide bonds. The van der Waals surface area contributed by atoms with E-state index in [1.807, 2.05) is 18.2 Å². The van der Waals surface area contributed by atoms with Gasteiger partial charge in [0, 0.05) is 0 Å². The molecule has 0 N–H and O–H groups in total. The first-order chi connectivity index (χ1) is 17.2. The second kappa shape index (κ2) is 23.1. The molecule has 0 saturated carbocycles. The first-order valence-corrected chi connectivity index (χ1v) is 15.4. The second-order valence-corrected chi connectivity index (χ2v) is 10.9. The Morgan fingerprint density at radius 3 is 1.54 bits per heavy atom. The molecule has 0 aromatic heterocycles. The molecule has 0 aliphatic heterocycles. The van der Waals surface area contributed by atoms with Crippen LogP contribution in [-0.2, 0) is 16.0 Å². The standard InChI is InChI=1S/C33H58O2/c1-4-6-8-10-12-14-15-17-19-21-26-31(25-20-18-16-13-11-9-7-5-2)29-35-33(34)28-32-27-23-22-24-30(32)3/h22-24,27,31H,4-21,25-26,28-29H2,1-3H3. The van der Waals surface area contributed by atoms with Gasteiger partial charge >= 0.3 is 5.97 Å². The number of carbonyl (C=O) groups is 1. The summed E-state index contributed by atoms with van der Waals surface area (Å²) < 4.78 is 5.79. The Hall–Kier alpha value is -1.31. The zero-order chi connectivity index (χ0) is 25.4. The highest BCUT2D eigenvalue weighted by Crippen LogP contribution is 2.21. The number of aryl methyl sites for hydroxylation is 1. The highest BCUT2D eigenvalue weighted by Gasteiger charge is 2.13. The highest BCUT2D eigenvalue weighted by molar-refractivity contribution is 5.73. The minimum atomic E-state index is -0.0664. The van der Waals surface area contributed by atoms with E-state index in [9.17, 15) is 4.79 Å². The van der Waals surface area contributed by atoms with Crippen molar-refractivity contribution >= 4 is 5.97 Å². The van der Waals surface area contributed by atoms with Crippen LogP contribution >= 0.6 is 0 Å². The fourth-order valence-corrected chi connectivity index (χ4v) is 5.02. The lowest BCUT2D eigenvalue weighted by Gasteiger charge is -2.17. The lowest BCUT2D eigenvalue weighted by Crippen LogP contribution is -2.16. The predicted molar refractivity (Wildman–Crippen MR) is 153 cm³/mol. The van der Waals surface area contributed by atoms with Crippen LogP contribution in [0.4, 0.5) is 0 Å². The van der Waals surface area contributed by atoms with Crippen molar-refractivity contribution in [3.05, 3.63) is 35.4 Å². The van der Waals surface area contributed by atoms with E-state index in [0.717, 1.165) is 5.56 Å². The van der Waals surface area contributed by atoms with Crippen LogP contribution in [0.25, 0.3) is 0 Å². The third-order valence-corrected chi connectivity index (χ3v) is 7.51. The maximum atomic E-state index is 12.5. The number of rotatable bonds is 24. The molecule has 0 saturated heterocycles. The van der Waals surface area contributed by atoms with Gasteiger partial charge in [0.15, 0.2) is 0 Å². The van der Waals surface area contributed by atoms with Crippen LogP contribution < -0.4 is 0 Å². The summed E-state index contributed by atoms with van der Waals surface area (Å²) in [4.78, 5) is 12.5. The first-order valence-electron chi connectivity index (χ1n) is 15.4. The minimum absolute atomic E-state index is 0.0664. The first kappa shape index (κ1) is 31.7. The summed E-state index contributed by atoms with van der Waals surface area (Å²) in [5, 5.41) is 0. The molecule has 0 spiro atoms. The molecule has 0 heterocycles.